The van der Waals surface area contributed by atoms with Crippen molar-refractivity contribution in [3.8, 4) is 28.4 Å². The van der Waals surface area contributed by atoms with Crippen molar-refractivity contribution in [2.45, 2.75) is 33.1 Å². The van der Waals surface area contributed by atoms with Crippen molar-refractivity contribution >= 4 is 17.6 Å². The fourth-order valence-corrected chi connectivity index (χ4v) is 3.80. The monoisotopic (exact) mass is 454 g/mol. The molecular weight excluding hydrogens is 431 g/mol. The van der Waals surface area contributed by atoms with Gasteiger partial charge in [-0.3, -0.25) is 4.79 Å². The van der Waals surface area contributed by atoms with Crippen LogP contribution in [0.3, 0.4) is 0 Å². The van der Waals surface area contributed by atoms with Gasteiger partial charge in [-0.25, -0.2) is 14.4 Å². The van der Waals surface area contributed by atoms with E-state index in [1.165, 1.54) is 12.1 Å². The molecule has 0 radical (unpaired) electrons. The van der Waals surface area contributed by atoms with Crippen LogP contribution >= 0.6 is 11.6 Å². The zero-order chi connectivity index (χ0) is 22.7. The van der Waals surface area contributed by atoms with Crippen LogP contribution in [0.1, 0.15) is 32.4 Å². The van der Waals surface area contributed by atoms with Crippen LogP contribution in [0, 0.1) is 11.2 Å². The van der Waals surface area contributed by atoms with Crippen molar-refractivity contribution in [1.82, 2.24) is 9.97 Å². The molecule has 0 N–H and O–H groups in total. The summed E-state index contributed by atoms with van der Waals surface area (Å²) < 4.78 is 24.8. The van der Waals surface area contributed by atoms with E-state index in [4.69, 9.17) is 31.0 Å². The number of benzene rings is 2. The van der Waals surface area contributed by atoms with E-state index in [0.29, 0.717) is 47.5 Å². The number of halogens is 2. The third kappa shape index (κ3) is 4.75. The van der Waals surface area contributed by atoms with Crippen molar-refractivity contribution in [3.05, 3.63) is 65.1 Å². The fourth-order valence-electron chi connectivity index (χ4n) is 3.67. The second kappa shape index (κ2) is 9.25. The first-order chi connectivity index (χ1) is 15.4. The van der Waals surface area contributed by atoms with E-state index < -0.39 is 5.41 Å². The Balaban J connectivity index is 1.80. The molecule has 3 aromatic rings. The van der Waals surface area contributed by atoms with Crippen LogP contribution in [0.15, 0.2) is 48.5 Å². The highest BCUT2D eigenvalue weighted by Gasteiger charge is 2.51. The number of hydrogen-bond donors (Lipinski definition) is 0. The van der Waals surface area contributed by atoms with E-state index >= 15 is 0 Å². The largest absolute Gasteiger partial charge is 0.493 e. The number of hydrogen-bond acceptors (Lipinski definition) is 5. The standard InChI is InChI=1S/C25H24ClFN2O3/c1-3-31-22-13-18(27)9-10-20(22)21-14-19(15-25(11-12-25)24(30)32-4-2)28-23(29-21)16-5-7-17(26)8-6-16/h5-10,13-14H,3-4,11-12,15H2,1-2H3. The molecule has 0 atom stereocenters. The topological polar surface area (TPSA) is 61.3 Å². The van der Waals surface area contributed by atoms with E-state index in [9.17, 15) is 9.18 Å². The molecule has 2 aromatic carbocycles. The molecule has 1 aliphatic rings. The molecular formula is C25H24ClFN2O3. The Hall–Kier alpha value is -2.99. The highest BCUT2D eigenvalue weighted by Crippen LogP contribution is 2.49. The van der Waals surface area contributed by atoms with Crippen LogP contribution < -0.4 is 4.74 Å². The van der Waals surface area contributed by atoms with Gasteiger partial charge in [0.15, 0.2) is 5.82 Å². The molecule has 1 aliphatic carbocycles. The summed E-state index contributed by atoms with van der Waals surface area (Å²) in [6, 6.07) is 13.5. The molecule has 32 heavy (non-hydrogen) atoms. The van der Waals surface area contributed by atoms with Crippen LogP contribution in [0.25, 0.3) is 22.6 Å². The van der Waals surface area contributed by atoms with Gasteiger partial charge in [-0.15, -0.1) is 0 Å². The molecule has 4 rings (SSSR count). The summed E-state index contributed by atoms with van der Waals surface area (Å²) in [5, 5.41) is 0.613. The molecule has 1 fully saturated rings. The molecule has 0 bridgehead atoms. The van der Waals surface area contributed by atoms with Gasteiger partial charge in [-0.2, -0.15) is 0 Å². The SMILES string of the molecule is CCOC(=O)C1(Cc2cc(-c3ccc(F)cc3OCC)nc(-c3ccc(Cl)cc3)n2)CC1. The van der Waals surface area contributed by atoms with E-state index in [1.54, 1.807) is 25.1 Å². The van der Waals surface area contributed by atoms with Crippen molar-refractivity contribution in [1.29, 1.82) is 0 Å². The predicted octanol–water partition coefficient (Wildman–Crippen LogP) is 5.89. The van der Waals surface area contributed by atoms with E-state index in [2.05, 4.69) is 0 Å². The second-order valence-electron chi connectivity index (χ2n) is 7.83. The minimum atomic E-state index is -0.537. The Kier molecular flexibility index (Phi) is 6.42. The van der Waals surface area contributed by atoms with E-state index in [1.807, 2.05) is 25.1 Å². The number of ether oxygens (including phenoxy) is 2. The quantitative estimate of drug-likeness (QED) is 0.397. The number of aromatic nitrogens is 2. The number of carbonyl (C=O) groups is 1. The molecule has 7 heteroatoms. The maximum atomic E-state index is 13.9. The maximum absolute atomic E-state index is 13.9. The zero-order valence-electron chi connectivity index (χ0n) is 18.0. The molecule has 1 aromatic heterocycles. The smallest absolute Gasteiger partial charge is 0.312 e. The van der Waals surface area contributed by atoms with Crippen molar-refractivity contribution in [2.24, 2.45) is 5.41 Å². The van der Waals surface area contributed by atoms with Crippen molar-refractivity contribution < 1.29 is 18.7 Å². The summed E-state index contributed by atoms with van der Waals surface area (Å²) in [5.41, 5.74) is 2.23. The average Bonchev–Trinajstić information content (AvgIpc) is 3.55. The van der Waals surface area contributed by atoms with E-state index in [0.717, 1.165) is 24.1 Å². The van der Waals surface area contributed by atoms with Gasteiger partial charge < -0.3 is 9.47 Å². The third-order valence-corrected chi connectivity index (χ3v) is 5.73. The molecule has 5 nitrogen and oxygen atoms in total. The molecule has 0 aliphatic heterocycles. The molecule has 0 amide bonds. The summed E-state index contributed by atoms with van der Waals surface area (Å²) >= 11 is 6.04. The lowest BCUT2D eigenvalue weighted by atomic mass is 9.98. The normalized spacial score (nSPS) is 14.1. The summed E-state index contributed by atoms with van der Waals surface area (Å²) in [7, 11) is 0. The first-order valence-corrected chi connectivity index (χ1v) is 11.1. The van der Waals surface area contributed by atoms with Gasteiger partial charge in [-0.05, 0) is 69.2 Å². The lowest BCUT2D eigenvalue weighted by Gasteiger charge is -2.16. The Morgan fingerprint density at radius 1 is 1.06 bits per heavy atom. The lowest BCUT2D eigenvalue weighted by Crippen LogP contribution is -2.22. The minimum absolute atomic E-state index is 0.190. The van der Waals surface area contributed by atoms with E-state index in [-0.39, 0.29) is 11.8 Å². The first kappa shape index (κ1) is 22.2. The number of esters is 1. The predicted molar refractivity (Wildman–Crippen MR) is 121 cm³/mol. The summed E-state index contributed by atoms with van der Waals surface area (Å²) in [4.78, 5) is 22.0. The maximum Gasteiger partial charge on any atom is 0.312 e. The van der Waals surface area contributed by atoms with Crippen LogP contribution in [0.2, 0.25) is 5.02 Å². The Morgan fingerprint density at radius 3 is 2.47 bits per heavy atom. The van der Waals surface area contributed by atoms with Gasteiger partial charge in [0.05, 0.1) is 24.3 Å². The highest BCUT2D eigenvalue weighted by atomic mass is 35.5. The number of nitrogens with zero attached hydrogens (tertiary/aromatic N) is 2. The van der Waals surface area contributed by atoms with Crippen LogP contribution in [0.5, 0.6) is 5.75 Å². The lowest BCUT2D eigenvalue weighted by molar-refractivity contribution is -0.149. The minimum Gasteiger partial charge on any atom is -0.493 e. The third-order valence-electron chi connectivity index (χ3n) is 5.48. The summed E-state index contributed by atoms with van der Waals surface area (Å²) in [6.45, 7) is 4.39. The van der Waals surface area contributed by atoms with Crippen molar-refractivity contribution in [3.63, 3.8) is 0 Å². The molecule has 1 saturated carbocycles. The molecule has 0 unspecified atom stereocenters. The van der Waals surface area contributed by atoms with Crippen LogP contribution in [-0.2, 0) is 16.0 Å². The second-order valence-corrected chi connectivity index (χ2v) is 8.26. The van der Waals surface area contributed by atoms with Gasteiger partial charge in [0, 0.05) is 34.3 Å². The van der Waals surface area contributed by atoms with Gasteiger partial charge in [0.1, 0.15) is 11.6 Å². The van der Waals surface area contributed by atoms with Gasteiger partial charge >= 0.3 is 5.97 Å². The Morgan fingerprint density at radius 2 is 1.81 bits per heavy atom. The van der Waals surface area contributed by atoms with Crippen LogP contribution in [-0.4, -0.2) is 29.2 Å². The van der Waals surface area contributed by atoms with Crippen LogP contribution in [0.4, 0.5) is 4.39 Å². The summed E-state index contributed by atoms with van der Waals surface area (Å²) in [5.74, 6) is 0.333. The van der Waals surface area contributed by atoms with Gasteiger partial charge in [0.25, 0.3) is 0 Å². The van der Waals surface area contributed by atoms with Gasteiger partial charge in [-0.1, -0.05) is 11.6 Å². The number of carbonyl (C=O) groups excluding carboxylic acids is 1. The fraction of sp³-hybridized carbons (Fsp3) is 0.320. The Labute approximate surface area is 191 Å². The molecule has 1 heterocycles. The molecule has 0 saturated heterocycles. The number of rotatable bonds is 8. The zero-order valence-corrected chi connectivity index (χ0v) is 18.8. The Bertz CT molecular complexity index is 1130. The summed E-state index contributed by atoms with van der Waals surface area (Å²) in [6.07, 6.45) is 1.98. The first-order valence-electron chi connectivity index (χ1n) is 10.7. The van der Waals surface area contributed by atoms with Gasteiger partial charge in [0.2, 0.25) is 0 Å². The highest BCUT2D eigenvalue weighted by molar-refractivity contribution is 6.30. The molecule has 0 spiro atoms. The average molecular weight is 455 g/mol. The van der Waals surface area contributed by atoms with Crippen molar-refractivity contribution in [2.75, 3.05) is 13.2 Å². The molecule has 166 valence electrons.